The third kappa shape index (κ3) is 5.12. The summed E-state index contributed by atoms with van der Waals surface area (Å²) in [4.78, 5) is 26.2. The molecule has 1 saturated carbocycles. The second-order valence-electron chi connectivity index (χ2n) is 5.74. The van der Waals surface area contributed by atoms with Gasteiger partial charge in [0.2, 0.25) is 6.08 Å². The van der Waals surface area contributed by atoms with Crippen LogP contribution in [0.2, 0.25) is 6.04 Å². The molecule has 132 valence electrons. The summed E-state index contributed by atoms with van der Waals surface area (Å²) < 4.78 is 17.1. The van der Waals surface area contributed by atoms with Crippen LogP contribution in [0.4, 0.5) is 4.79 Å². The molecule has 1 atom stereocenters. The van der Waals surface area contributed by atoms with Crippen molar-refractivity contribution >= 4 is 20.9 Å². The van der Waals surface area contributed by atoms with Crippen molar-refractivity contribution in [3.8, 4) is 0 Å². The molecule has 0 heterocycles. The zero-order chi connectivity index (χ0) is 17.3. The van der Waals surface area contributed by atoms with Crippen molar-refractivity contribution < 1.29 is 22.9 Å². The number of carbonyl (C=O) groups excluding carboxylic acids is 2. The second kappa shape index (κ2) is 9.14. The van der Waals surface area contributed by atoms with E-state index in [4.69, 9.17) is 19.0 Å². The smallest absolute Gasteiger partial charge is 0.377 e. The Labute approximate surface area is 138 Å². The average Bonchev–Trinajstić information content (AvgIpc) is 2.54. The van der Waals surface area contributed by atoms with Crippen molar-refractivity contribution in [1.82, 2.24) is 5.32 Å². The Hall–Kier alpha value is -1.25. The highest BCUT2D eigenvalue weighted by Gasteiger charge is 2.49. The molecule has 0 radical (unpaired) electrons. The maximum absolute atomic E-state index is 11.5. The Kier molecular flexibility index (Phi) is 7.87. The van der Waals surface area contributed by atoms with Crippen molar-refractivity contribution in [2.75, 3.05) is 14.2 Å². The molecule has 1 aliphatic rings. The zero-order valence-corrected chi connectivity index (χ0v) is 15.1. The summed E-state index contributed by atoms with van der Waals surface area (Å²) in [7, 11) is 0.0415. The average molecular weight is 345 g/mol. The number of amides is 2. The lowest BCUT2D eigenvalue weighted by molar-refractivity contribution is -0.00161. The topological polar surface area (TPSA) is 112 Å². The molecule has 2 amide bonds. The Morgan fingerprint density at radius 2 is 1.96 bits per heavy atom. The number of carbonyl (C=O) groups is 1. The van der Waals surface area contributed by atoms with Gasteiger partial charge in [-0.25, -0.2) is 9.59 Å². The predicted molar refractivity (Wildman–Crippen MR) is 86.4 cm³/mol. The van der Waals surface area contributed by atoms with Crippen LogP contribution in [0.1, 0.15) is 45.4 Å². The van der Waals surface area contributed by atoms with Crippen LogP contribution in [-0.4, -0.2) is 46.9 Å². The van der Waals surface area contributed by atoms with Gasteiger partial charge in [0, 0.05) is 20.3 Å². The molecule has 0 aromatic rings. The highest BCUT2D eigenvalue weighted by atomic mass is 28.4. The summed E-state index contributed by atoms with van der Waals surface area (Å²) in [6.07, 6.45) is 5.47. The van der Waals surface area contributed by atoms with Crippen LogP contribution in [0.3, 0.4) is 0 Å². The maximum atomic E-state index is 11.5. The van der Waals surface area contributed by atoms with E-state index in [-0.39, 0.29) is 0 Å². The van der Waals surface area contributed by atoms with Crippen molar-refractivity contribution in [2.45, 2.75) is 63.3 Å². The van der Waals surface area contributed by atoms with E-state index in [1.165, 1.54) is 14.2 Å². The zero-order valence-electron chi connectivity index (χ0n) is 14.1. The Morgan fingerprint density at radius 3 is 2.39 bits per heavy atom. The van der Waals surface area contributed by atoms with E-state index in [0.717, 1.165) is 25.7 Å². The molecule has 3 N–H and O–H groups in total. The minimum Gasteiger partial charge on any atom is -0.377 e. The van der Waals surface area contributed by atoms with E-state index in [2.05, 4.69) is 10.3 Å². The fourth-order valence-corrected chi connectivity index (χ4v) is 5.21. The van der Waals surface area contributed by atoms with Crippen LogP contribution >= 0.6 is 0 Å². The number of isocyanates is 1. The second-order valence-corrected chi connectivity index (χ2v) is 8.66. The standard InChI is InChI=1S/C14H27N3O5Si/c1-4-10-23(20-2,21-3)22-12(16-11-18)14(17-13(15)19)8-6-5-7-9-14/h12H,4-10H2,1-3H3,(H3,15,17,19). The predicted octanol–water partition coefficient (Wildman–Crippen LogP) is 1.68. The van der Waals surface area contributed by atoms with Gasteiger partial charge in [0.25, 0.3) is 0 Å². The lowest BCUT2D eigenvalue weighted by Crippen LogP contribution is -2.62. The molecule has 1 aliphatic carbocycles. The number of nitrogens with one attached hydrogen (secondary N) is 1. The van der Waals surface area contributed by atoms with Crippen molar-refractivity contribution in [1.29, 1.82) is 0 Å². The molecule has 9 heteroatoms. The fourth-order valence-electron chi connectivity index (χ4n) is 3.09. The highest BCUT2D eigenvalue weighted by Crippen LogP contribution is 2.35. The van der Waals surface area contributed by atoms with Crippen LogP contribution in [-0.2, 0) is 18.1 Å². The van der Waals surface area contributed by atoms with Gasteiger partial charge in [-0.1, -0.05) is 32.6 Å². The van der Waals surface area contributed by atoms with Gasteiger partial charge in [0.05, 0.1) is 5.54 Å². The molecule has 1 unspecified atom stereocenters. The van der Waals surface area contributed by atoms with Crippen LogP contribution in [0, 0.1) is 0 Å². The lowest BCUT2D eigenvalue weighted by Gasteiger charge is -2.43. The molecule has 0 aromatic carbocycles. The molecule has 1 fully saturated rings. The van der Waals surface area contributed by atoms with Crippen LogP contribution in [0.25, 0.3) is 0 Å². The van der Waals surface area contributed by atoms with Crippen molar-refractivity contribution in [2.24, 2.45) is 10.7 Å². The molecule has 0 spiro atoms. The van der Waals surface area contributed by atoms with Crippen LogP contribution in [0.5, 0.6) is 0 Å². The molecular formula is C14H27N3O5Si. The van der Waals surface area contributed by atoms with E-state index < -0.39 is 26.6 Å². The molecule has 0 saturated heterocycles. The summed E-state index contributed by atoms with van der Waals surface area (Å²) in [6, 6.07) is -0.0865. The summed E-state index contributed by atoms with van der Waals surface area (Å²) >= 11 is 0. The Morgan fingerprint density at radius 1 is 1.35 bits per heavy atom. The minimum atomic E-state index is -2.99. The Balaban J connectivity index is 3.13. The monoisotopic (exact) mass is 345 g/mol. The highest BCUT2D eigenvalue weighted by molar-refractivity contribution is 6.60. The third-order valence-corrected chi connectivity index (χ3v) is 7.17. The SMILES string of the molecule is CCC[Si](OC)(OC)OC(N=C=O)C1(NC(N)=O)CCCCC1. The van der Waals surface area contributed by atoms with E-state index in [1.807, 2.05) is 6.92 Å². The molecule has 0 bridgehead atoms. The molecule has 0 aliphatic heterocycles. The molecule has 0 aromatic heterocycles. The first-order valence-corrected chi connectivity index (χ1v) is 9.83. The van der Waals surface area contributed by atoms with Crippen molar-refractivity contribution in [3.05, 3.63) is 0 Å². The van der Waals surface area contributed by atoms with E-state index >= 15 is 0 Å². The number of aliphatic imine (C=N–C) groups is 1. The van der Waals surface area contributed by atoms with E-state index in [9.17, 15) is 9.59 Å². The number of rotatable bonds is 9. The minimum absolute atomic E-state index is 0.581. The first-order chi connectivity index (χ1) is 11.0. The van der Waals surface area contributed by atoms with Gasteiger partial charge in [0.1, 0.15) is 0 Å². The number of nitrogens with two attached hydrogens (primary N) is 1. The van der Waals surface area contributed by atoms with Gasteiger partial charge in [-0.2, -0.15) is 4.99 Å². The molecule has 1 rings (SSSR count). The van der Waals surface area contributed by atoms with Gasteiger partial charge in [-0.05, 0) is 12.8 Å². The van der Waals surface area contributed by atoms with Crippen molar-refractivity contribution in [3.63, 3.8) is 0 Å². The van der Waals surface area contributed by atoms with E-state index in [0.29, 0.717) is 18.9 Å². The molecule has 8 nitrogen and oxygen atoms in total. The normalized spacial score (nSPS) is 18.7. The Bertz CT molecular complexity index is 432. The number of urea groups is 1. The van der Waals surface area contributed by atoms with Gasteiger partial charge in [-0.15, -0.1) is 0 Å². The van der Waals surface area contributed by atoms with Crippen LogP contribution in [0.15, 0.2) is 4.99 Å². The van der Waals surface area contributed by atoms with Gasteiger partial charge in [-0.3, -0.25) is 0 Å². The van der Waals surface area contributed by atoms with Gasteiger partial charge < -0.3 is 24.3 Å². The number of nitrogens with zero attached hydrogens (tertiary/aromatic N) is 1. The summed E-state index contributed by atoms with van der Waals surface area (Å²) in [5.41, 5.74) is 4.50. The first kappa shape index (κ1) is 19.8. The maximum Gasteiger partial charge on any atom is 0.502 e. The number of primary amides is 1. The quantitative estimate of drug-likeness (QED) is 0.375. The molecule has 23 heavy (non-hydrogen) atoms. The summed E-state index contributed by atoms with van der Waals surface area (Å²) in [5, 5.41) is 2.75. The van der Waals surface area contributed by atoms with Crippen LogP contribution < -0.4 is 11.1 Å². The number of hydrogen-bond acceptors (Lipinski definition) is 6. The number of hydrogen-bond donors (Lipinski definition) is 2. The lowest BCUT2D eigenvalue weighted by atomic mass is 9.80. The van der Waals surface area contributed by atoms with Gasteiger partial charge >= 0.3 is 14.8 Å². The fraction of sp³-hybridized carbons (Fsp3) is 0.857. The first-order valence-electron chi connectivity index (χ1n) is 7.90. The summed E-state index contributed by atoms with van der Waals surface area (Å²) in [5.74, 6) is 0. The van der Waals surface area contributed by atoms with Gasteiger partial charge in [0.15, 0.2) is 6.23 Å². The largest absolute Gasteiger partial charge is 0.502 e. The third-order valence-electron chi connectivity index (χ3n) is 4.23. The summed E-state index contributed by atoms with van der Waals surface area (Å²) in [6.45, 7) is 1.99. The van der Waals surface area contributed by atoms with E-state index in [1.54, 1.807) is 6.08 Å². The molecular weight excluding hydrogens is 318 g/mol.